The number of ether oxygens (including phenoxy) is 1. The van der Waals surface area contributed by atoms with Gasteiger partial charge in [0.25, 0.3) is 0 Å². The third-order valence-corrected chi connectivity index (χ3v) is 3.91. The first-order chi connectivity index (χ1) is 8.63. The molecule has 0 aromatic heterocycles. The number of rotatable bonds is 1. The molecule has 2 rings (SSSR count). The van der Waals surface area contributed by atoms with Gasteiger partial charge >= 0.3 is 12.0 Å². The molecule has 0 bridgehead atoms. The van der Waals surface area contributed by atoms with Crippen LogP contribution in [0.4, 0.5) is 4.79 Å². The zero-order valence-electron chi connectivity index (χ0n) is 9.61. The van der Waals surface area contributed by atoms with Gasteiger partial charge in [-0.2, -0.15) is 5.26 Å². The molecule has 2 aliphatic rings. The summed E-state index contributed by atoms with van der Waals surface area (Å²) < 4.78 is 5.15. The van der Waals surface area contributed by atoms with Gasteiger partial charge in [0.05, 0.1) is 25.1 Å². The average molecular weight is 271 g/mol. The summed E-state index contributed by atoms with van der Waals surface area (Å²) in [5.41, 5.74) is 0. The number of thioether (sulfide) groups is 1. The van der Waals surface area contributed by atoms with Gasteiger partial charge in [-0.15, -0.1) is 11.8 Å². The molecule has 98 valence electrons. The van der Waals surface area contributed by atoms with Crippen molar-refractivity contribution in [1.82, 2.24) is 9.80 Å². The number of aliphatic carboxylic acids is 1. The van der Waals surface area contributed by atoms with Gasteiger partial charge in [-0.25, -0.2) is 9.59 Å². The predicted molar refractivity (Wildman–Crippen MR) is 62.9 cm³/mol. The number of carbonyl (C=O) groups excluding carboxylic acids is 1. The molecule has 2 fully saturated rings. The topological polar surface area (TPSA) is 93.9 Å². The Balaban J connectivity index is 2.02. The largest absolute Gasteiger partial charge is 0.480 e. The predicted octanol–water partition coefficient (Wildman–Crippen LogP) is -0.210. The summed E-state index contributed by atoms with van der Waals surface area (Å²) in [4.78, 5) is 26.0. The fraction of sp³-hybridized carbons (Fsp3) is 0.700. The van der Waals surface area contributed by atoms with Crippen molar-refractivity contribution < 1.29 is 19.4 Å². The highest BCUT2D eigenvalue weighted by Crippen LogP contribution is 2.23. The normalized spacial score (nSPS) is 27.9. The second-order valence-electron chi connectivity index (χ2n) is 4.04. The van der Waals surface area contributed by atoms with E-state index in [1.54, 1.807) is 0 Å². The molecule has 2 unspecified atom stereocenters. The van der Waals surface area contributed by atoms with E-state index in [0.717, 1.165) is 0 Å². The lowest BCUT2D eigenvalue weighted by Crippen LogP contribution is -2.53. The Morgan fingerprint density at radius 3 is 2.94 bits per heavy atom. The molecule has 1 N–H and O–H groups in total. The Morgan fingerprint density at radius 1 is 1.50 bits per heavy atom. The maximum absolute atomic E-state index is 12.2. The summed E-state index contributed by atoms with van der Waals surface area (Å²) in [6.07, 6.45) is -0.624. The number of carboxylic acid groups (broad SMARTS) is 1. The first kappa shape index (κ1) is 13.0. The third kappa shape index (κ3) is 2.52. The van der Waals surface area contributed by atoms with Crippen molar-refractivity contribution in [1.29, 1.82) is 5.26 Å². The average Bonchev–Trinajstić information content (AvgIpc) is 2.87. The highest BCUT2D eigenvalue weighted by Gasteiger charge is 2.38. The SMILES string of the molecule is N#CC1CN(C(=O)N2CSCC2C(=O)O)CCO1. The van der Waals surface area contributed by atoms with Crippen molar-refractivity contribution in [3.63, 3.8) is 0 Å². The molecule has 8 heteroatoms. The van der Waals surface area contributed by atoms with Gasteiger partial charge in [-0.1, -0.05) is 0 Å². The quantitative estimate of drug-likeness (QED) is 0.709. The van der Waals surface area contributed by atoms with E-state index in [9.17, 15) is 9.59 Å². The van der Waals surface area contributed by atoms with Crippen molar-refractivity contribution in [3.05, 3.63) is 0 Å². The summed E-state index contributed by atoms with van der Waals surface area (Å²) in [5.74, 6) is -0.198. The van der Waals surface area contributed by atoms with Crippen LogP contribution in [0.3, 0.4) is 0 Å². The second kappa shape index (κ2) is 5.46. The first-order valence-electron chi connectivity index (χ1n) is 5.51. The van der Waals surface area contributed by atoms with Crippen LogP contribution in [0.2, 0.25) is 0 Å². The van der Waals surface area contributed by atoms with E-state index in [2.05, 4.69) is 0 Å². The molecular weight excluding hydrogens is 258 g/mol. The highest BCUT2D eigenvalue weighted by atomic mass is 32.2. The summed E-state index contributed by atoms with van der Waals surface area (Å²) in [6.45, 7) is 0.899. The third-order valence-electron chi connectivity index (χ3n) is 2.89. The molecule has 18 heavy (non-hydrogen) atoms. The Hall–Kier alpha value is -1.46. The first-order valence-corrected chi connectivity index (χ1v) is 6.66. The van der Waals surface area contributed by atoms with E-state index in [1.165, 1.54) is 21.6 Å². The second-order valence-corrected chi connectivity index (χ2v) is 5.04. The molecule has 0 aromatic carbocycles. The van der Waals surface area contributed by atoms with Crippen LogP contribution < -0.4 is 0 Å². The Bertz CT molecular complexity index is 397. The smallest absolute Gasteiger partial charge is 0.327 e. The number of carboxylic acids is 1. The van der Waals surface area contributed by atoms with E-state index in [1.807, 2.05) is 6.07 Å². The monoisotopic (exact) mass is 271 g/mol. The lowest BCUT2D eigenvalue weighted by Gasteiger charge is -2.33. The molecular formula is C10H13N3O4S. The molecule has 2 heterocycles. The minimum Gasteiger partial charge on any atom is -0.480 e. The van der Waals surface area contributed by atoms with E-state index in [4.69, 9.17) is 15.1 Å². The molecule has 2 atom stereocenters. The van der Waals surface area contributed by atoms with Crippen LogP contribution in [-0.2, 0) is 9.53 Å². The maximum atomic E-state index is 12.2. The summed E-state index contributed by atoms with van der Waals surface area (Å²) in [5, 5.41) is 17.8. The van der Waals surface area contributed by atoms with E-state index in [-0.39, 0.29) is 12.6 Å². The Morgan fingerprint density at radius 2 is 2.28 bits per heavy atom. The number of morpholine rings is 1. The molecule has 2 amide bonds. The number of amides is 2. The summed E-state index contributed by atoms with van der Waals surface area (Å²) in [7, 11) is 0. The van der Waals surface area contributed by atoms with Crippen LogP contribution in [0.5, 0.6) is 0 Å². The summed E-state index contributed by atoms with van der Waals surface area (Å²) in [6, 6.07) is 0.862. The zero-order chi connectivity index (χ0) is 13.1. The van der Waals surface area contributed by atoms with E-state index in [0.29, 0.717) is 24.8 Å². The lowest BCUT2D eigenvalue weighted by molar-refractivity contribution is -0.141. The van der Waals surface area contributed by atoms with Crippen LogP contribution in [0, 0.1) is 11.3 Å². The number of urea groups is 1. The molecule has 0 aliphatic carbocycles. The number of nitrogens with zero attached hydrogens (tertiary/aromatic N) is 3. The minimum atomic E-state index is -0.988. The summed E-state index contributed by atoms with van der Waals surface area (Å²) >= 11 is 1.42. The number of hydrogen-bond donors (Lipinski definition) is 1. The molecule has 0 spiro atoms. The van der Waals surface area contributed by atoms with Crippen molar-refractivity contribution in [2.24, 2.45) is 0 Å². The van der Waals surface area contributed by atoms with Gasteiger partial charge in [-0.3, -0.25) is 0 Å². The minimum absolute atomic E-state index is 0.197. The number of nitriles is 1. The van der Waals surface area contributed by atoms with E-state index >= 15 is 0 Å². The van der Waals surface area contributed by atoms with Gasteiger partial charge in [0.2, 0.25) is 0 Å². The van der Waals surface area contributed by atoms with E-state index < -0.39 is 18.1 Å². The molecule has 0 aromatic rings. The maximum Gasteiger partial charge on any atom is 0.327 e. The van der Waals surface area contributed by atoms with Crippen molar-refractivity contribution in [2.45, 2.75) is 12.1 Å². The Labute approximate surface area is 108 Å². The number of carbonyl (C=O) groups is 2. The van der Waals surface area contributed by atoms with Crippen LogP contribution in [0.25, 0.3) is 0 Å². The van der Waals surface area contributed by atoms with Crippen molar-refractivity contribution >= 4 is 23.8 Å². The molecule has 0 radical (unpaired) electrons. The van der Waals surface area contributed by atoms with Gasteiger partial charge in [-0.05, 0) is 0 Å². The fourth-order valence-electron chi connectivity index (χ4n) is 1.92. The van der Waals surface area contributed by atoms with Crippen LogP contribution >= 0.6 is 11.8 Å². The Kier molecular flexibility index (Phi) is 3.93. The van der Waals surface area contributed by atoms with Crippen LogP contribution in [0.1, 0.15) is 0 Å². The van der Waals surface area contributed by atoms with Crippen LogP contribution in [-0.4, -0.2) is 70.4 Å². The number of hydrogen-bond acceptors (Lipinski definition) is 5. The highest BCUT2D eigenvalue weighted by molar-refractivity contribution is 7.99. The molecule has 0 saturated carbocycles. The van der Waals surface area contributed by atoms with Crippen LogP contribution in [0.15, 0.2) is 0 Å². The molecule has 2 saturated heterocycles. The molecule has 2 aliphatic heterocycles. The lowest BCUT2D eigenvalue weighted by atomic mass is 10.3. The van der Waals surface area contributed by atoms with Gasteiger partial charge in [0.1, 0.15) is 6.04 Å². The standard InChI is InChI=1S/C10H13N3O4S/c11-3-7-4-12(1-2-17-7)10(16)13-6-18-5-8(13)9(14)15/h7-8H,1-2,4-6H2,(H,14,15). The van der Waals surface area contributed by atoms with Gasteiger partial charge in [0.15, 0.2) is 6.10 Å². The van der Waals surface area contributed by atoms with Crippen molar-refractivity contribution in [2.75, 3.05) is 31.3 Å². The van der Waals surface area contributed by atoms with Gasteiger partial charge < -0.3 is 19.6 Å². The van der Waals surface area contributed by atoms with Crippen molar-refractivity contribution in [3.8, 4) is 6.07 Å². The van der Waals surface area contributed by atoms with Gasteiger partial charge in [0, 0.05) is 12.3 Å². The zero-order valence-corrected chi connectivity index (χ0v) is 10.4. The molecule has 7 nitrogen and oxygen atoms in total. The fourth-order valence-corrected chi connectivity index (χ4v) is 3.06.